The Morgan fingerprint density at radius 2 is 1.10 bits per heavy atom. The van der Waals surface area contributed by atoms with Gasteiger partial charge in [-0.25, -0.2) is 4.57 Å². The Balaban J connectivity index is 0. The van der Waals surface area contributed by atoms with Crippen LogP contribution in [0, 0.1) is 0 Å². The molecule has 0 aliphatic carbocycles. The number of nitrogens with zero attached hydrogens (tertiary/aromatic N) is 2. The first-order valence-electron chi connectivity index (χ1n) is 14.7. The predicted molar refractivity (Wildman–Crippen MR) is 153 cm³/mol. The maximum absolute atomic E-state index is 12.8. The van der Waals surface area contributed by atoms with E-state index in [4.69, 9.17) is 42.4 Å². The minimum Gasteiger partial charge on any atom is -0.862 e. The third kappa shape index (κ3) is 20.9. The molecule has 28 heteroatoms. The van der Waals surface area contributed by atoms with Crippen LogP contribution in [0.25, 0.3) is 0 Å². The van der Waals surface area contributed by atoms with E-state index in [1.54, 1.807) is 0 Å². The number of hydrogen-bond acceptors (Lipinski definition) is 21. The third-order valence-corrected chi connectivity index (χ3v) is 8.01. The molecule has 2 heterocycles. The standard InChI is InChI=1S/C24H46N2O21P2.3Na/c1-13(28)25-17-21(32)20(31)16(46-23(17)42-9-7-40-5-3-39-4-6-41-8-10-43-48(34,35)36)12-44-49(37,38)47-24-18(26-14(2)29)22(33)19(30)15(11-27)45-24;;;/h15-24,27,30-33H,3-12H2,1-2H3,(H,25,28)(H,26,29)(H,37,38)(H2,34,35,36);;;/q;3*+1/p-3/t15-,16-,17+,18+,19-,20-,21-,22-,23+,24-;;;/m1.../s1. The van der Waals surface area contributed by atoms with Crippen molar-refractivity contribution in [3.63, 3.8) is 0 Å². The zero-order chi connectivity index (χ0) is 36.8. The molecule has 2 aliphatic rings. The van der Waals surface area contributed by atoms with Crippen molar-refractivity contribution < 1.29 is 190 Å². The molecule has 288 valence electrons. The second kappa shape index (κ2) is 28.2. The first kappa shape index (κ1) is 55.8. The number of aliphatic hydroxyl groups excluding tert-OH is 5. The summed E-state index contributed by atoms with van der Waals surface area (Å²) >= 11 is 0. The molecule has 0 saturated carbocycles. The Bertz CT molecular complexity index is 1140. The van der Waals surface area contributed by atoms with Crippen molar-refractivity contribution in [2.45, 2.75) is 75.1 Å². The second-order valence-electron chi connectivity index (χ2n) is 10.4. The molecule has 2 aliphatic heterocycles. The smallest absolute Gasteiger partial charge is 0.862 e. The molecule has 2 fully saturated rings. The maximum Gasteiger partial charge on any atom is 1.00 e. The summed E-state index contributed by atoms with van der Waals surface area (Å²) in [4.78, 5) is 36.5. The molecular weight excluding hydrogens is 783 g/mol. The number of aliphatic hydroxyl groups is 5. The normalized spacial score (nSPS) is 32.0. The summed E-state index contributed by atoms with van der Waals surface area (Å²) in [5.41, 5.74) is 0. The third-order valence-electron chi connectivity index (χ3n) is 6.55. The zero-order valence-corrected chi connectivity index (χ0v) is 37.3. The fourth-order valence-corrected chi connectivity index (χ4v) is 5.49. The van der Waals surface area contributed by atoms with Crippen LogP contribution in [0.5, 0.6) is 0 Å². The first-order chi connectivity index (χ1) is 23.0. The molecule has 2 rings (SSSR count). The summed E-state index contributed by atoms with van der Waals surface area (Å²) in [5.74, 6) is -1.58. The fourth-order valence-electron chi connectivity index (χ4n) is 4.35. The second-order valence-corrected chi connectivity index (χ2v) is 13.0. The van der Waals surface area contributed by atoms with Crippen LogP contribution < -0.4 is 104 Å². The molecule has 0 aromatic heterocycles. The minimum absolute atomic E-state index is 0. The van der Waals surface area contributed by atoms with Gasteiger partial charge in [0.15, 0.2) is 12.6 Å². The summed E-state index contributed by atoms with van der Waals surface area (Å²) in [5, 5.41) is 74.3. The summed E-state index contributed by atoms with van der Waals surface area (Å²) in [7, 11) is -9.99. The predicted octanol–water partition coefficient (Wildman–Crippen LogP) is -15.1. The Morgan fingerprint density at radius 1 is 0.673 bits per heavy atom. The maximum atomic E-state index is 12.8. The number of phosphoric ester groups is 2. The van der Waals surface area contributed by atoms with Gasteiger partial charge in [-0.15, -0.1) is 0 Å². The zero-order valence-electron chi connectivity index (χ0n) is 29.5. The molecule has 23 nitrogen and oxygen atoms in total. The molecule has 0 spiro atoms. The largest absolute Gasteiger partial charge is 1.00 e. The number of rotatable bonds is 22. The number of phosphoric acid groups is 2. The molecule has 2 unspecified atom stereocenters. The van der Waals surface area contributed by atoms with Gasteiger partial charge in [-0.2, -0.15) is 0 Å². The molecule has 12 atom stereocenters. The van der Waals surface area contributed by atoms with Crippen LogP contribution in [0.15, 0.2) is 9.98 Å². The van der Waals surface area contributed by atoms with Gasteiger partial charge in [-0.3, -0.25) is 23.6 Å². The molecule has 0 aromatic rings. The van der Waals surface area contributed by atoms with E-state index >= 15 is 0 Å². The van der Waals surface area contributed by atoms with Crippen LogP contribution in [0.2, 0.25) is 0 Å². The number of aliphatic imine (C=N–C) groups is 2. The van der Waals surface area contributed by atoms with Gasteiger partial charge in [0.05, 0.1) is 66.1 Å². The molecular formula is C24H43N2Na3O21P2. The van der Waals surface area contributed by atoms with Crippen LogP contribution in [0.3, 0.4) is 0 Å². The van der Waals surface area contributed by atoms with Gasteiger partial charge < -0.3 is 83.4 Å². The van der Waals surface area contributed by atoms with Crippen molar-refractivity contribution in [2.24, 2.45) is 9.98 Å². The van der Waals surface area contributed by atoms with Gasteiger partial charge in [-0.05, 0) is 25.6 Å². The first-order valence-corrected chi connectivity index (χ1v) is 17.7. The summed E-state index contributed by atoms with van der Waals surface area (Å²) < 4.78 is 69.2. The van der Waals surface area contributed by atoms with Gasteiger partial charge in [-0.1, -0.05) is 0 Å². The van der Waals surface area contributed by atoms with Crippen LogP contribution in [0.4, 0.5) is 0 Å². The van der Waals surface area contributed by atoms with Crippen molar-refractivity contribution in [3.05, 3.63) is 0 Å². The topological polar surface area (TPSA) is 353 Å². The van der Waals surface area contributed by atoms with Crippen LogP contribution >= 0.6 is 15.6 Å². The average Bonchev–Trinajstić information content (AvgIpc) is 3.00. The number of ether oxygens (including phenoxy) is 6. The van der Waals surface area contributed by atoms with Gasteiger partial charge in [0.25, 0.3) is 7.82 Å². The quantitative estimate of drug-likeness (QED) is 0.0175. The Kier molecular flexibility index (Phi) is 30.3. The van der Waals surface area contributed by atoms with E-state index in [2.05, 4.69) is 14.5 Å². The van der Waals surface area contributed by atoms with Gasteiger partial charge in [0, 0.05) is 0 Å². The van der Waals surface area contributed by atoms with E-state index in [0.717, 1.165) is 13.8 Å². The molecule has 52 heavy (non-hydrogen) atoms. The van der Waals surface area contributed by atoms with E-state index in [1.807, 2.05) is 0 Å². The van der Waals surface area contributed by atoms with E-state index in [9.17, 15) is 54.7 Å². The van der Waals surface area contributed by atoms with E-state index in [1.165, 1.54) is 0 Å². The van der Waals surface area contributed by atoms with Crippen LogP contribution in [0.1, 0.15) is 13.8 Å². The van der Waals surface area contributed by atoms with E-state index < -0.39 is 102 Å². The molecule has 0 amide bonds. The van der Waals surface area contributed by atoms with E-state index in [-0.39, 0.29) is 142 Å². The van der Waals surface area contributed by atoms with Crippen molar-refractivity contribution in [1.29, 1.82) is 0 Å². The van der Waals surface area contributed by atoms with E-state index in [0.29, 0.717) is 0 Å². The average molecular weight is 827 g/mol. The van der Waals surface area contributed by atoms with Gasteiger partial charge in [0.1, 0.15) is 48.7 Å². The molecule has 0 bridgehead atoms. The van der Waals surface area contributed by atoms with Crippen LogP contribution in [-0.2, 0) is 51.1 Å². The summed E-state index contributed by atoms with van der Waals surface area (Å²) in [6, 6.07) is -3.11. The molecule has 7 N–H and O–H groups in total. The minimum atomic E-state index is -5.19. The summed E-state index contributed by atoms with van der Waals surface area (Å²) in [6.45, 7) is 0.165. The van der Waals surface area contributed by atoms with Crippen molar-refractivity contribution in [3.8, 4) is 0 Å². The van der Waals surface area contributed by atoms with Crippen LogP contribution in [-0.4, -0.2) is 174 Å². The molecule has 0 aromatic carbocycles. The Hall–Kier alpha value is 1.72. The van der Waals surface area contributed by atoms with Gasteiger partial charge in [0.2, 0.25) is 0 Å². The monoisotopic (exact) mass is 826 g/mol. The number of hydrogen-bond donors (Lipinski definition) is 7. The Morgan fingerprint density at radius 3 is 1.56 bits per heavy atom. The SMILES string of the molecule is CC([O-])=N[C@@H]1[C@@H](OP(=O)(O)OC[C@H]2O[C@H](OCCOCCOCCOCCOP(=O)([O-])O)[C@@H](N=C(C)[O-])[C@@H](O)[C@@H]2O)O[C@H](CO)[C@@H](O)[C@@H]1O.[Na+].[Na+].[Na+]. The summed E-state index contributed by atoms with van der Waals surface area (Å²) in [6.07, 6.45) is -13.6. The Labute approximate surface area is 365 Å². The van der Waals surface area contributed by atoms with Gasteiger partial charge >= 0.3 is 96.5 Å². The fraction of sp³-hybridized carbons (Fsp3) is 0.917. The van der Waals surface area contributed by atoms with Crippen molar-refractivity contribution >= 4 is 27.4 Å². The molecule has 0 radical (unpaired) electrons. The molecule has 2 saturated heterocycles. The van der Waals surface area contributed by atoms with Crippen molar-refractivity contribution in [2.75, 3.05) is 66.1 Å². The van der Waals surface area contributed by atoms with Crippen molar-refractivity contribution in [1.82, 2.24) is 0 Å².